The lowest BCUT2D eigenvalue weighted by molar-refractivity contribution is -0.118. The van der Waals surface area contributed by atoms with Crippen molar-refractivity contribution in [3.8, 4) is 5.75 Å². The number of nitrogens with zero attached hydrogens (tertiary/aromatic N) is 3. The number of carbonyl (C=O) groups excluding carboxylic acids is 1. The molecule has 1 amide bonds. The van der Waals surface area contributed by atoms with E-state index in [1.54, 1.807) is 24.3 Å². The monoisotopic (exact) mass is 658 g/mol. The first-order valence-electron chi connectivity index (χ1n) is 11.7. The molecule has 0 radical (unpaired) electrons. The first-order chi connectivity index (χ1) is 17.9. The molecule has 1 heterocycles. The Morgan fingerprint density at radius 1 is 1.13 bits per heavy atom. The second-order valence-electron chi connectivity index (χ2n) is 9.72. The Bertz CT molecular complexity index is 1590. The molecular weight excluding hydrogens is 636 g/mol. The standard InChI is InChI=1S/C28H25Br2ClN4O3/c1-16-5-8-19(9-6-16)33-24(36)15-38-25-21(30)11-17(12-22(25)31)14-32-35-26(37)20-13-18(29)7-10-23(20)34-27(35)28(2,3)4/h5-14H,15H2,1-4H3,(H,33,36). The fraction of sp³-hybridized carbons (Fsp3) is 0.214. The van der Waals surface area contributed by atoms with E-state index >= 15 is 0 Å². The summed E-state index contributed by atoms with van der Waals surface area (Å²) in [6, 6.07) is 16.3. The molecule has 0 atom stereocenters. The summed E-state index contributed by atoms with van der Waals surface area (Å²) in [6.07, 6.45) is 1.53. The Kier molecular flexibility index (Phi) is 8.40. The molecule has 1 aromatic heterocycles. The predicted octanol–water partition coefficient (Wildman–Crippen LogP) is 7.08. The van der Waals surface area contributed by atoms with E-state index in [0.29, 0.717) is 38.2 Å². The third kappa shape index (κ3) is 6.51. The maximum absolute atomic E-state index is 13.3. The van der Waals surface area contributed by atoms with Gasteiger partial charge in [0.05, 0.1) is 26.6 Å². The largest absolute Gasteiger partial charge is 0.481 e. The molecule has 10 heteroatoms. The highest BCUT2D eigenvalue weighted by Gasteiger charge is 2.23. The van der Waals surface area contributed by atoms with Crippen LogP contribution in [0.5, 0.6) is 5.75 Å². The van der Waals surface area contributed by atoms with E-state index in [1.165, 1.54) is 10.9 Å². The van der Waals surface area contributed by atoms with Crippen LogP contribution in [-0.4, -0.2) is 28.4 Å². The first-order valence-corrected chi connectivity index (χ1v) is 13.6. The van der Waals surface area contributed by atoms with Crippen LogP contribution in [0.25, 0.3) is 10.9 Å². The third-order valence-corrected chi connectivity index (χ3v) is 6.87. The van der Waals surface area contributed by atoms with Crippen molar-refractivity contribution < 1.29 is 9.53 Å². The molecule has 7 nitrogen and oxygen atoms in total. The minimum absolute atomic E-state index is 0.220. The van der Waals surface area contributed by atoms with Crippen molar-refractivity contribution in [2.45, 2.75) is 33.1 Å². The van der Waals surface area contributed by atoms with E-state index in [4.69, 9.17) is 21.3 Å². The number of hydrogen-bond acceptors (Lipinski definition) is 5. The number of rotatable bonds is 6. The fourth-order valence-corrected chi connectivity index (χ4v) is 4.98. The van der Waals surface area contributed by atoms with Crippen LogP contribution >= 0.6 is 43.5 Å². The average molecular weight is 661 g/mol. The maximum Gasteiger partial charge on any atom is 0.282 e. The zero-order valence-corrected chi connectivity index (χ0v) is 25.1. The van der Waals surface area contributed by atoms with Crippen LogP contribution in [0.15, 0.2) is 73.4 Å². The molecule has 0 aliphatic heterocycles. The Labute approximate surface area is 242 Å². The highest BCUT2D eigenvalue weighted by Crippen LogP contribution is 2.34. The number of anilines is 1. The van der Waals surface area contributed by atoms with E-state index in [9.17, 15) is 9.59 Å². The van der Waals surface area contributed by atoms with Crippen LogP contribution in [-0.2, 0) is 10.2 Å². The molecule has 0 unspecified atom stereocenters. The Morgan fingerprint density at radius 2 is 1.84 bits per heavy atom. The molecule has 0 aliphatic rings. The number of ether oxygens (including phenoxy) is 1. The van der Waals surface area contributed by atoms with E-state index in [-0.39, 0.29) is 23.1 Å². The van der Waals surface area contributed by atoms with Gasteiger partial charge in [0.25, 0.3) is 11.5 Å². The van der Waals surface area contributed by atoms with Gasteiger partial charge in [0.15, 0.2) is 12.4 Å². The van der Waals surface area contributed by atoms with E-state index in [2.05, 4.69) is 42.3 Å². The van der Waals surface area contributed by atoms with Gasteiger partial charge in [-0.2, -0.15) is 9.78 Å². The summed E-state index contributed by atoms with van der Waals surface area (Å²) in [7, 11) is 0. The summed E-state index contributed by atoms with van der Waals surface area (Å²) in [4.78, 5) is 30.4. The van der Waals surface area contributed by atoms with Crippen LogP contribution in [0.2, 0.25) is 5.02 Å². The van der Waals surface area contributed by atoms with Crippen molar-refractivity contribution in [2.75, 3.05) is 11.9 Å². The molecule has 3 aromatic carbocycles. The van der Waals surface area contributed by atoms with Crippen molar-refractivity contribution in [2.24, 2.45) is 5.10 Å². The molecular formula is C28H25Br2ClN4O3. The number of benzene rings is 3. The van der Waals surface area contributed by atoms with Crippen LogP contribution < -0.4 is 15.6 Å². The lowest BCUT2D eigenvalue weighted by Crippen LogP contribution is -2.29. The smallest absolute Gasteiger partial charge is 0.282 e. The van der Waals surface area contributed by atoms with Gasteiger partial charge in [-0.3, -0.25) is 9.59 Å². The van der Waals surface area contributed by atoms with Crippen molar-refractivity contribution in [3.63, 3.8) is 0 Å². The van der Waals surface area contributed by atoms with Gasteiger partial charge < -0.3 is 10.1 Å². The second-order valence-corrected chi connectivity index (χ2v) is 11.9. The van der Waals surface area contributed by atoms with Gasteiger partial charge in [-0.05, 0) is 70.9 Å². The maximum atomic E-state index is 13.3. The van der Waals surface area contributed by atoms with Gasteiger partial charge in [0.2, 0.25) is 0 Å². The van der Waals surface area contributed by atoms with Crippen LogP contribution in [0.3, 0.4) is 0 Å². The van der Waals surface area contributed by atoms with Crippen molar-refractivity contribution in [1.82, 2.24) is 9.66 Å². The molecule has 4 rings (SSSR count). The van der Waals surface area contributed by atoms with Crippen molar-refractivity contribution >= 4 is 72.2 Å². The molecule has 0 spiro atoms. The molecule has 0 bridgehead atoms. The number of fused-ring (bicyclic) bond motifs is 1. The summed E-state index contributed by atoms with van der Waals surface area (Å²) in [5.41, 5.74) is 2.30. The minimum atomic E-state index is -0.438. The minimum Gasteiger partial charge on any atom is -0.481 e. The Balaban J connectivity index is 1.58. The summed E-state index contributed by atoms with van der Waals surface area (Å²) in [5, 5.41) is 8.00. The molecule has 0 saturated carbocycles. The van der Waals surface area contributed by atoms with E-state index in [1.807, 2.05) is 58.0 Å². The molecule has 0 aliphatic carbocycles. The van der Waals surface area contributed by atoms with Gasteiger partial charge in [0, 0.05) is 15.6 Å². The van der Waals surface area contributed by atoms with Crippen LogP contribution in [0, 0.1) is 6.92 Å². The van der Waals surface area contributed by atoms with Crippen molar-refractivity contribution in [3.05, 3.63) is 95.9 Å². The lowest BCUT2D eigenvalue weighted by atomic mass is 9.95. The normalized spacial score (nSPS) is 11.8. The summed E-state index contributed by atoms with van der Waals surface area (Å²) in [5.74, 6) is 0.540. The zero-order valence-electron chi connectivity index (χ0n) is 21.2. The summed E-state index contributed by atoms with van der Waals surface area (Å²) in [6.45, 7) is 7.67. The SMILES string of the molecule is Cc1ccc(NC(=O)COc2c(Cl)cc(C=Nn3c(C(C)(C)C)nc4ccc(Br)cc4c3=O)cc2Br)cc1. The number of aromatic nitrogens is 2. The molecule has 38 heavy (non-hydrogen) atoms. The molecule has 1 N–H and O–H groups in total. The zero-order chi connectivity index (χ0) is 27.6. The molecule has 4 aromatic rings. The van der Waals surface area contributed by atoms with Gasteiger partial charge >= 0.3 is 0 Å². The van der Waals surface area contributed by atoms with Crippen LogP contribution in [0.4, 0.5) is 5.69 Å². The Hall–Kier alpha value is -3.01. The van der Waals surface area contributed by atoms with E-state index < -0.39 is 5.41 Å². The number of amides is 1. The molecule has 0 fully saturated rings. The number of carbonyl (C=O) groups is 1. The van der Waals surface area contributed by atoms with Crippen LogP contribution in [0.1, 0.15) is 37.7 Å². The first kappa shape index (κ1) is 28.0. The highest BCUT2D eigenvalue weighted by molar-refractivity contribution is 9.10. The number of hydrogen-bond donors (Lipinski definition) is 1. The Morgan fingerprint density at radius 3 is 2.50 bits per heavy atom. The quantitative estimate of drug-likeness (QED) is 0.224. The topological polar surface area (TPSA) is 85.6 Å². The summed E-state index contributed by atoms with van der Waals surface area (Å²) < 4.78 is 8.32. The average Bonchev–Trinajstić information content (AvgIpc) is 2.84. The van der Waals surface area contributed by atoms with Crippen molar-refractivity contribution in [1.29, 1.82) is 0 Å². The summed E-state index contributed by atoms with van der Waals surface area (Å²) >= 11 is 13.4. The number of nitrogens with one attached hydrogen (secondary N) is 1. The second kappa shape index (κ2) is 11.4. The lowest BCUT2D eigenvalue weighted by Gasteiger charge is -2.20. The third-order valence-electron chi connectivity index (χ3n) is 5.50. The van der Waals surface area contributed by atoms with Gasteiger partial charge in [0.1, 0.15) is 5.82 Å². The van der Waals surface area contributed by atoms with E-state index in [0.717, 1.165) is 10.0 Å². The van der Waals surface area contributed by atoms with Gasteiger partial charge in [-0.1, -0.05) is 66.0 Å². The predicted molar refractivity (Wildman–Crippen MR) is 160 cm³/mol. The number of aryl methyl sites for hydroxylation is 1. The van der Waals surface area contributed by atoms with Gasteiger partial charge in [-0.15, -0.1) is 0 Å². The number of halogens is 3. The highest BCUT2D eigenvalue weighted by atomic mass is 79.9. The fourth-order valence-electron chi connectivity index (χ4n) is 3.63. The molecule has 196 valence electrons. The molecule has 0 saturated heterocycles. The van der Waals surface area contributed by atoms with Gasteiger partial charge in [-0.25, -0.2) is 4.98 Å².